The predicted octanol–water partition coefficient (Wildman–Crippen LogP) is 5.44. The number of aromatic nitrogens is 2. The van der Waals surface area contributed by atoms with E-state index in [4.69, 9.17) is 12.8 Å². The van der Waals surface area contributed by atoms with Gasteiger partial charge in [0.05, 0.1) is 0 Å². The van der Waals surface area contributed by atoms with E-state index in [2.05, 4.69) is 70.3 Å². The van der Waals surface area contributed by atoms with Gasteiger partial charge in [0.25, 0.3) is 0 Å². The first kappa shape index (κ1) is 17.3. The molecule has 4 aromatic rings. The van der Waals surface area contributed by atoms with Crippen molar-refractivity contribution in [3.8, 4) is 58.1 Å². The number of nitrogens with zero attached hydrogens (tertiary/aromatic N) is 2. The number of terminal acetylenes is 2. The molecule has 4 rings (SSSR count). The highest BCUT2D eigenvalue weighted by Crippen LogP contribution is 2.27. The van der Waals surface area contributed by atoms with Crippen LogP contribution in [0.2, 0.25) is 0 Å². The van der Waals surface area contributed by atoms with E-state index in [1.807, 2.05) is 24.3 Å². The van der Waals surface area contributed by atoms with Gasteiger partial charge < -0.3 is 0 Å². The molecule has 2 heteroatoms. The number of hydrogen-bond donors (Lipinski definition) is 0. The highest BCUT2D eigenvalue weighted by atomic mass is 14.7. The average Bonchev–Trinajstić information content (AvgIpc) is 2.79. The lowest BCUT2D eigenvalue weighted by Crippen LogP contribution is -1.86. The van der Waals surface area contributed by atoms with Crippen LogP contribution in [0.5, 0.6) is 0 Å². The molecule has 0 unspecified atom stereocenters. The van der Waals surface area contributed by atoms with Crippen LogP contribution in [0.1, 0.15) is 11.4 Å². The lowest BCUT2D eigenvalue weighted by molar-refractivity contribution is 1.29. The van der Waals surface area contributed by atoms with Gasteiger partial charge >= 0.3 is 0 Å². The van der Waals surface area contributed by atoms with Crippen LogP contribution in [-0.2, 0) is 0 Å². The molecule has 0 amide bonds. The molecule has 130 valence electrons. The molecule has 0 saturated heterocycles. The molecule has 2 aromatic heterocycles. The Hall–Kier alpha value is -4.14. The van der Waals surface area contributed by atoms with Crippen molar-refractivity contribution >= 4 is 0 Å². The van der Waals surface area contributed by atoms with Gasteiger partial charge in [-0.05, 0) is 57.6 Å². The van der Waals surface area contributed by atoms with Crippen molar-refractivity contribution in [1.82, 2.24) is 9.97 Å². The topological polar surface area (TPSA) is 25.8 Å². The van der Waals surface area contributed by atoms with Crippen molar-refractivity contribution in [3.05, 3.63) is 96.6 Å². The normalized spacial score (nSPS) is 10.1. The first-order chi connectivity index (χ1) is 13.8. The molecule has 0 aliphatic rings. The van der Waals surface area contributed by atoms with E-state index in [1.165, 1.54) is 0 Å². The maximum atomic E-state index is 5.44. The van der Waals surface area contributed by atoms with Crippen LogP contribution in [0.4, 0.5) is 0 Å². The largest absolute Gasteiger partial charge is 0.248 e. The van der Waals surface area contributed by atoms with Crippen molar-refractivity contribution in [2.45, 2.75) is 0 Å². The summed E-state index contributed by atoms with van der Waals surface area (Å²) in [6.07, 6.45) is 14.4. The summed E-state index contributed by atoms with van der Waals surface area (Å²) in [6, 6.07) is 24.6. The molecule has 28 heavy (non-hydrogen) atoms. The van der Waals surface area contributed by atoms with E-state index >= 15 is 0 Å². The highest BCUT2D eigenvalue weighted by molar-refractivity contribution is 5.73. The van der Waals surface area contributed by atoms with Gasteiger partial charge in [-0.2, -0.15) is 0 Å². The third kappa shape index (κ3) is 3.54. The third-order valence-corrected chi connectivity index (χ3v) is 4.59. The summed E-state index contributed by atoms with van der Waals surface area (Å²) in [5, 5.41) is 0. The lowest BCUT2D eigenvalue weighted by atomic mass is 9.98. The Kier molecular flexibility index (Phi) is 4.70. The Morgan fingerprint density at radius 2 is 0.786 bits per heavy atom. The summed E-state index contributed by atoms with van der Waals surface area (Å²) in [6.45, 7) is 0. The Morgan fingerprint density at radius 1 is 0.464 bits per heavy atom. The van der Waals surface area contributed by atoms with Gasteiger partial charge in [-0.25, -0.2) is 9.97 Å². The summed E-state index contributed by atoms with van der Waals surface area (Å²) >= 11 is 0. The fourth-order valence-corrected chi connectivity index (χ4v) is 3.09. The van der Waals surface area contributed by atoms with Crippen LogP contribution in [0.15, 0.2) is 85.2 Å². The van der Waals surface area contributed by atoms with Crippen molar-refractivity contribution in [2.75, 3.05) is 0 Å². The Labute approximate surface area is 165 Å². The quantitative estimate of drug-likeness (QED) is 0.457. The molecule has 2 heterocycles. The maximum absolute atomic E-state index is 5.44. The third-order valence-electron chi connectivity index (χ3n) is 4.59. The van der Waals surface area contributed by atoms with E-state index in [0.717, 1.165) is 33.4 Å². The van der Waals surface area contributed by atoms with Gasteiger partial charge in [-0.15, -0.1) is 12.8 Å². The van der Waals surface area contributed by atoms with Gasteiger partial charge in [-0.3, -0.25) is 0 Å². The van der Waals surface area contributed by atoms with E-state index in [1.54, 1.807) is 12.4 Å². The molecule has 0 radical (unpaired) electrons. The van der Waals surface area contributed by atoms with Gasteiger partial charge in [0.1, 0.15) is 11.4 Å². The summed E-state index contributed by atoms with van der Waals surface area (Å²) in [5.74, 6) is 5.15. The maximum Gasteiger partial charge on any atom is 0.113 e. The second-order valence-electron chi connectivity index (χ2n) is 6.30. The molecule has 2 nitrogen and oxygen atoms in total. The van der Waals surface area contributed by atoms with Gasteiger partial charge in [-0.1, -0.05) is 60.4 Å². The molecule has 0 fully saturated rings. The molecule has 0 bridgehead atoms. The Bertz CT molecular complexity index is 1110. The number of rotatable bonds is 3. The van der Waals surface area contributed by atoms with Crippen LogP contribution < -0.4 is 0 Å². The summed E-state index contributed by atoms with van der Waals surface area (Å²) < 4.78 is 0. The first-order valence-electron chi connectivity index (χ1n) is 8.83. The lowest BCUT2D eigenvalue weighted by Gasteiger charge is -2.07. The summed E-state index contributed by atoms with van der Waals surface area (Å²) in [4.78, 5) is 8.28. The number of pyridine rings is 2. The van der Waals surface area contributed by atoms with E-state index in [-0.39, 0.29) is 0 Å². The second kappa shape index (κ2) is 7.62. The van der Waals surface area contributed by atoms with Crippen molar-refractivity contribution in [3.63, 3.8) is 0 Å². The van der Waals surface area contributed by atoms with E-state index < -0.39 is 0 Å². The molecule has 0 saturated carbocycles. The highest BCUT2D eigenvalue weighted by Gasteiger charge is 2.03. The number of hydrogen-bond acceptors (Lipinski definition) is 2. The monoisotopic (exact) mass is 356 g/mol. The van der Waals surface area contributed by atoms with Crippen molar-refractivity contribution < 1.29 is 0 Å². The minimum atomic E-state index is 0.640. The SMILES string of the molecule is C#Cc1cc(-c2ccc(-c3ccc(-c4ccnc(C#C)c4)cc3)cc2)ccn1. The molecule has 0 aliphatic carbocycles. The van der Waals surface area contributed by atoms with Crippen LogP contribution in [0.3, 0.4) is 0 Å². The molecule has 2 aromatic carbocycles. The summed E-state index contributed by atoms with van der Waals surface area (Å²) in [5.41, 5.74) is 7.93. The number of benzene rings is 2. The predicted molar refractivity (Wildman–Crippen MR) is 114 cm³/mol. The van der Waals surface area contributed by atoms with Crippen molar-refractivity contribution in [2.24, 2.45) is 0 Å². The fourth-order valence-electron chi connectivity index (χ4n) is 3.09. The van der Waals surface area contributed by atoms with Crippen LogP contribution >= 0.6 is 0 Å². The standard InChI is InChI=1S/C26H16N2/c1-3-25-17-23(13-15-27-25)21-9-5-19(6-10-21)20-7-11-22(12-8-20)24-14-16-28-26(4-2)18-24/h1-2,5-18H. The molecule has 0 aliphatic heterocycles. The van der Waals surface area contributed by atoms with Crippen molar-refractivity contribution in [1.29, 1.82) is 0 Å². The molecule has 0 atom stereocenters. The van der Waals surface area contributed by atoms with Crippen LogP contribution in [-0.4, -0.2) is 9.97 Å². The molecule has 0 spiro atoms. The zero-order valence-electron chi connectivity index (χ0n) is 15.1. The first-order valence-corrected chi connectivity index (χ1v) is 8.83. The van der Waals surface area contributed by atoms with Crippen LogP contribution in [0, 0.1) is 24.7 Å². The van der Waals surface area contributed by atoms with Crippen LogP contribution in [0.25, 0.3) is 33.4 Å². The van der Waals surface area contributed by atoms with E-state index in [0.29, 0.717) is 11.4 Å². The second-order valence-corrected chi connectivity index (χ2v) is 6.30. The average molecular weight is 356 g/mol. The molecular weight excluding hydrogens is 340 g/mol. The fraction of sp³-hybridized carbons (Fsp3) is 0. The zero-order valence-corrected chi connectivity index (χ0v) is 15.1. The zero-order chi connectivity index (χ0) is 19.3. The smallest absolute Gasteiger partial charge is 0.113 e. The summed E-state index contributed by atoms with van der Waals surface area (Å²) in [7, 11) is 0. The van der Waals surface area contributed by atoms with E-state index in [9.17, 15) is 0 Å². The van der Waals surface area contributed by atoms with Gasteiger partial charge in [0.15, 0.2) is 0 Å². The molecule has 0 N–H and O–H groups in total. The minimum Gasteiger partial charge on any atom is -0.248 e. The Morgan fingerprint density at radius 3 is 1.11 bits per heavy atom. The van der Waals surface area contributed by atoms with Gasteiger partial charge in [0.2, 0.25) is 0 Å². The van der Waals surface area contributed by atoms with Gasteiger partial charge in [0, 0.05) is 12.4 Å². The minimum absolute atomic E-state index is 0.640. The molecular formula is C26H16N2. The Balaban J connectivity index is 1.59.